The second-order valence-corrected chi connectivity index (χ2v) is 5.07. The lowest BCUT2D eigenvalue weighted by molar-refractivity contribution is -0.0498. The van der Waals surface area contributed by atoms with Crippen molar-refractivity contribution < 1.29 is 18.3 Å². The predicted molar refractivity (Wildman–Crippen MR) is 83.4 cm³/mol. The normalized spacial score (nSPS) is 17.9. The Morgan fingerprint density at radius 1 is 1.45 bits per heavy atom. The van der Waals surface area contributed by atoms with Gasteiger partial charge < -0.3 is 14.8 Å². The molecule has 0 aliphatic carbocycles. The highest BCUT2D eigenvalue weighted by Gasteiger charge is 2.14. The summed E-state index contributed by atoms with van der Waals surface area (Å²) >= 11 is 5.08. The third-order valence-corrected chi connectivity index (χ3v) is 3.23. The SMILES string of the molecule is FC(F)Oc1ccc(/C=N/NC(=S)NCC2CCCO2)cc1. The molecule has 1 aromatic rings. The van der Waals surface area contributed by atoms with Gasteiger partial charge in [0.05, 0.1) is 12.3 Å². The number of hydrogen-bond acceptors (Lipinski definition) is 4. The van der Waals surface area contributed by atoms with Crippen LogP contribution in [-0.4, -0.2) is 37.2 Å². The van der Waals surface area contributed by atoms with Crippen LogP contribution in [0.25, 0.3) is 0 Å². The highest BCUT2D eigenvalue weighted by Crippen LogP contribution is 2.14. The molecule has 0 radical (unpaired) electrons. The molecule has 0 saturated carbocycles. The van der Waals surface area contributed by atoms with E-state index in [-0.39, 0.29) is 11.9 Å². The second-order valence-electron chi connectivity index (χ2n) is 4.66. The standard InChI is InChI=1S/C14H17F2N3O2S/c15-13(16)21-11-5-3-10(4-6-11)8-18-19-14(22)17-9-12-2-1-7-20-12/h3-6,8,12-13H,1-2,7,9H2,(H2,17,19,22)/b18-8+. The molecule has 1 saturated heterocycles. The number of thiocarbonyl (C=S) groups is 1. The molecular weight excluding hydrogens is 312 g/mol. The highest BCUT2D eigenvalue weighted by atomic mass is 32.1. The van der Waals surface area contributed by atoms with Gasteiger partial charge in [0.15, 0.2) is 5.11 Å². The van der Waals surface area contributed by atoms with Crippen LogP contribution in [0.4, 0.5) is 8.78 Å². The lowest BCUT2D eigenvalue weighted by Gasteiger charge is -2.11. The molecule has 1 unspecified atom stereocenters. The van der Waals surface area contributed by atoms with Gasteiger partial charge in [0.2, 0.25) is 0 Å². The molecule has 8 heteroatoms. The Morgan fingerprint density at radius 2 is 2.23 bits per heavy atom. The summed E-state index contributed by atoms with van der Waals surface area (Å²) in [6.45, 7) is -1.37. The third-order valence-electron chi connectivity index (χ3n) is 3.00. The molecule has 1 heterocycles. The minimum atomic E-state index is -2.83. The predicted octanol–water partition coefficient (Wildman–Crippen LogP) is 2.27. The van der Waals surface area contributed by atoms with Crippen molar-refractivity contribution in [3.05, 3.63) is 29.8 Å². The molecule has 2 rings (SSSR count). The molecule has 0 amide bonds. The Bertz CT molecular complexity index is 505. The number of hydrazone groups is 1. The lowest BCUT2D eigenvalue weighted by atomic mass is 10.2. The van der Waals surface area contributed by atoms with Crippen LogP contribution in [0.2, 0.25) is 0 Å². The molecule has 22 heavy (non-hydrogen) atoms. The second kappa shape index (κ2) is 8.60. The number of rotatable bonds is 6. The summed E-state index contributed by atoms with van der Waals surface area (Å²) in [7, 11) is 0. The van der Waals surface area contributed by atoms with Crippen molar-refractivity contribution in [2.75, 3.05) is 13.2 Å². The van der Waals surface area contributed by atoms with Crippen LogP contribution in [-0.2, 0) is 4.74 Å². The topological polar surface area (TPSA) is 54.9 Å². The van der Waals surface area contributed by atoms with Crippen molar-refractivity contribution in [1.82, 2.24) is 10.7 Å². The molecular formula is C14H17F2N3O2S. The van der Waals surface area contributed by atoms with Gasteiger partial charge in [-0.3, -0.25) is 5.43 Å². The van der Waals surface area contributed by atoms with Crippen LogP contribution < -0.4 is 15.5 Å². The zero-order chi connectivity index (χ0) is 15.8. The van der Waals surface area contributed by atoms with Crippen LogP contribution in [0.3, 0.4) is 0 Å². The van der Waals surface area contributed by atoms with E-state index in [9.17, 15) is 8.78 Å². The number of hydrogen-bond donors (Lipinski definition) is 2. The fourth-order valence-corrected chi connectivity index (χ4v) is 2.09. The molecule has 1 aliphatic heterocycles. The Morgan fingerprint density at radius 3 is 2.86 bits per heavy atom. The number of nitrogens with zero attached hydrogens (tertiary/aromatic N) is 1. The van der Waals surface area contributed by atoms with Crippen LogP contribution in [0, 0.1) is 0 Å². The zero-order valence-electron chi connectivity index (χ0n) is 11.8. The van der Waals surface area contributed by atoms with Gasteiger partial charge >= 0.3 is 6.61 Å². The van der Waals surface area contributed by atoms with Crippen LogP contribution >= 0.6 is 12.2 Å². The molecule has 1 fully saturated rings. The van der Waals surface area contributed by atoms with Gasteiger partial charge in [-0.15, -0.1) is 0 Å². The van der Waals surface area contributed by atoms with E-state index >= 15 is 0 Å². The van der Waals surface area contributed by atoms with Gasteiger partial charge in [0, 0.05) is 13.2 Å². The maximum Gasteiger partial charge on any atom is 0.387 e. The average Bonchev–Trinajstić information content (AvgIpc) is 3.00. The van der Waals surface area contributed by atoms with Crippen LogP contribution in [0.15, 0.2) is 29.4 Å². The minimum Gasteiger partial charge on any atom is -0.435 e. The molecule has 5 nitrogen and oxygen atoms in total. The van der Waals surface area contributed by atoms with Gasteiger partial charge in [-0.2, -0.15) is 13.9 Å². The first-order chi connectivity index (χ1) is 10.6. The largest absolute Gasteiger partial charge is 0.435 e. The third kappa shape index (κ3) is 5.90. The van der Waals surface area contributed by atoms with E-state index in [1.54, 1.807) is 12.1 Å². The number of alkyl halides is 2. The summed E-state index contributed by atoms with van der Waals surface area (Å²) in [6.07, 6.45) is 3.85. The number of nitrogens with one attached hydrogen (secondary N) is 2. The highest BCUT2D eigenvalue weighted by molar-refractivity contribution is 7.80. The molecule has 0 aromatic heterocycles. The van der Waals surface area contributed by atoms with Crippen molar-refractivity contribution in [2.45, 2.75) is 25.6 Å². The van der Waals surface area contributed by atoms with Gasteiger partial charge in [-0.1, -0.05) is 0 Å². The summed E-state index contributed by atoms with van der Waals surface area (Å²) in [5.41, 5.74) is 3.42. The van der Waals surface area contributed by atoms with Gasteiger partial charge in [0.1, 0.15) is 5.75 Å². The molecule has 0 bridgehead atoms. The van der Waals surface area contributed by atoms with E-state index in [0.29, 0.717) is 11.7 Å². The van der Waals surface area contributed by atoms with E-state index in [0.717, 1.165) is 25.0 Å². The molecule has 120 valence electrons. The average molecular weight is 329 g/mol. The van der Waals surface area contributed by atoms with E-state index in [4.69, 9.17) is 17.0 Å². The van der Waals surface area contributed by atoms with E-state index in [2.05, 4.69) is 20.6 Å². The van der Waals surface area contributed by atoms with Gasteiger partial charge in [0.25, 0.3) is 0 Å². The maximum absolute atomic E-state index is 12.0. The zero-order valence-corrected chi connectivity index (χ0v) is 12.6. The fraction of sp³-hybridized carbons (Fsp3) is 0.429. The Labute approximate surface area is 132 Å². The van der Waals surface area contributed by atoms with Crippen molar-refractivity contribution in [2.24, 2.45) is 5.10 Å². The Balaban J connectivity index is 1.70. The first-order valence-corrected chi connectivity index (χ1v) is 7.27. The molecule has 0 spiro atoms. The Kier molecular flexibility index (Phi) is 6.47. The van der Waals surface area contributed by atoms with Crippen molar-refractivity contribution in [3.8, 4) is 5.75 Å². The molecule has 1 aliphatic rings. The first kappa shape index (κ1) is 16.6. The summed E-state index contributed by atoms with van der Waals surface area (Å²) in [6, 6.07) is 6.13. The number of benzene rings is 1. The monoisotopic (exact) mass is 329 g/mol. The fourth-order valence-electron chi connectivity index (χ4n) is 1.95. The summed E-state index contributed by atoms with van der Waals surface area (Å²) in [5, 5.41) is 7.40. The number of ether oxygens (including phenoxy) is 2. The van der Waals surface area contributed by atoms with Crippen molar-refractivity contribution >= 4 is 23.5 Å². The van der Waals surface area contributed by atoms with Gasteiger partial charge in [-0.05, 0) is 54.9 Å². The van der Waals surface area contributed by atoms with Crippen LogP contribution in [0.1, 0.15) is 18.4 Å². The Hall–Kier alpha value is -1.80. The van der Waals surface area contributed by atoms with Crippen LogP contribution in [0.5, 0.6) is 5.75 Å². The summed E-state index contributed by atoms with van der Waals surface area (Å²) in [5.74, 6) is 0.105. The van der Waals surface area contributed by atoms with Crippen molar-refractivity contribution in [3.63, 3.8) is 0 Å². The van der Waals surface area contributed by atoms with Gasteiger partial charge in [-0.25, -0.2) is 0 Å². The van der Waals surface area contributed by atoms with E-state index in [1.807, 2.05) is 0 Å². The summed E-state index contributed by atoms with van der Waals surface area (Å²) in [4.78, 5) is 0. The smallest absolute Gasteiger partial charge is 0.387 e. The maximum atomic E-state index is 12.0. The molecule has 1 atom stereocenters. The van der Waals surface area contributed by atoms with E-state index < -0.39 is 6.61 Å². The minimum absolute atomic E-state index is 0.105. The first-order valence-electron chi connectivity index (χ1n) is 6.87. The molecule has 1 aromatic carbocycles. The number of halogens is 2. The summed E-state index contributed by atoms with van der Waals surface area (Å²) < 4.78 is 33.7. The quantitative estimate of drug-likeness (QED) is 0.476. The van der Waals surface area contributed by atoms with Crippen molar-refractivity contribution in [1.29, 1.82) is 0 Å². The van der Waals surface area contributed by atoms with E-state index in [1.165, 1.54) is 18.3 Å². The molecule has 2 N–H and O–H groups in total. The lowest BCUT2D eigenvalue weighted by Crippen LogP contribution is -2.37.